The Morgan fingerprint density at radius 2 is 0.755 bits per heavy atom. The molecule has 0 saturated carbocycles. The lowest BCUT2D eigenvalue weighted by atomic mass is 10.0. The number of benzene rings is 8. The highest BCUT2D eigenvalue weighted by molar-refractivity contribution is 5.99. The molecule has 14 rings (SSSR count). The number of piperidine rings is 2. The summed E-state index contributed by atoms with van der Waals surface area (Å²) in [5.41, 5.74) is 17.3. The molecule has 2 amide bonds. The number of nitrogens with zero attached hydrogens (tertiary/aromatic N) is 10. The van der Waals surface area contributed by atoms with Gasteiger partial charge in [-0.1, -0.05) is 161 Å². The second-order valence-corrected chi connectivity index (χ2v) is 25.6. The summed E-state index contributed by atoms with van der Waals surface area (Å²) < 4.78 is 3.89. The zero-order chi connectivity index (χ0) is 67.5. The van der Waals surface area contributed by atoms with E-state index in [-0.39, 0.29) is 35.3 Å². The fourth-order valence-electron chi connectivity index (χ4n) is 13.9. The average Bonchev–Trinajstić information content (AvgIpc) is 0.871. The van der Waals surface area contributed by atoms with E-state index in [2.05, 4.69) is 129 Å². The number of imidazole rings is 2. The third kappa shape index (κ3) is 15.1. The molecule has 0 aliphatic carbocycles. The molecule has 18 heteroatoms. The lowest BCUT2D eigenvalue weighted by molar-refractivity contribution is 0.0941. The van der Waals surface area contributed by atoms with Crippen molar-refractivity contribution in [1.82, 2.24) is 69.3 Å². The Balaban J connectivity index is 0.000000176. The molecule has 2 fully saturated rings. The van der Waals surface area contributed by atoms with Gasteiger partial charge in [0.2, 0.25) is 0 Å². The van der Waals surface area contributed by atoms with E-state index in [9.17, 15) is 19.2 Å². The highest BCUT2D eigenvalue weighted by Gasteiger charge is 2.27. The Labute approximate surface area is 571 Å². The van der Waals surface area contributed by atoms with Gasteiger partial charge < -0.3 is 30.4 Å². The topological polar surface area (TPSA) is 198 Å². The summed E-state index contributed by atoms with van der Waals surface area (Å²) in [6.45, 7) is 20.6. The molecule has 18 nitrogen and oxygen atoms in total. The summed E-state index contributed by atoms with van der Waals surface area (Å²) in [5, 5.41) is 6.11. The minimum Gasteiger partial charge on any atom is -0.351 e. The van der Waals surface area contributed by atoms with E-state index in [1.165, 1.54) is 11.1 Å². The zero-order valence-corrected chi connectivity index (χ0v) is 56.5. The number of fused-ring (bicyclic) bond motifs is 4. The van der Waals surface area contributed by atoms with Crippen molar-refractivity contribution < 1.29 is 9.59 Å². The number of carbonyl (C=O) groups excluding carboxylic acids is 2. The van der Waals surface area contributed by atoms with Gasteiger partial charge in [-0.2, -0.15) is 0 Å². The van der Waals surface area contributed by atoms with Crippen molar-refractivity contribution >= 4 is 55.9 Å². The van der Waals surface area contributed by atoms with Gasteiger partial charge in [0, 0.05) is 111 Å². The second-order valence-electron chi connectivity index (χ2n) is 25.6. The first-order chi connectivity index (χ1) is 48.0. The van der Waals surface area contributed by atoms with E-state index in [1.807, 2.05) is 143 Å². The molecule has 500 valence electrons. The third-order valence-corrected chi connectivity index (χ3v) is 19.5. The molecule has 0 bridgehead atoms. The van der Waals surface area contributed by atoms with Crippen LogP contribution in [0.3, 0.4) is 0 Å². The number of nitrogens with one attached hydrogen (secondary N) is 4. The molecule has 6 heterocycles. The van der Waals surface area contributed by atoms with E-state index >= 15 is 0 Å². The van der Waals surface area contributed by atoms with Gasteiger partial charge in [-0.05, 0) is 124 Å². The van der Waals surface area contributed by atoms with Gasteiger partial charge in [0.1, 0.15) is 0 Å². The zero-order valence-electron chi connectivity index (χ0n) is 56.5. The lowest BCUT2D eigenvalue weighted by Gasteiger charge is -2.32. The monoisotopic (exact) mass is 1310 g/mol. The van der Waals surface area contributed by atoms with Crippen LogP contribution in [0.25, 0.3) is 89.2 Å². The first-order valence-electron chi connectivity index (χ1n) is 34.8. The lowest BCUT2D eigenvalue weighted by Crippen LogP contribution is -2.36. The summed E-state index contributed by atoms with van der Waals surface area (Å²) in [4.78, 5) is 87.4. The molecule has 0 atom stereocenters. The van der Waals surface area contributed by atoms with Crippen LogP contribution in [0.4, 0.5) is 0 Å². The van der Waals surface area contributed by atoms with E-state index in [4.69, 9.17) is 19.9 Å². The number of hydrogen-bond acceptors (Lipinski definition) is 12. The summed E-state index contributed by atoms with van der Waals surface area (Å²) in [5.74, 6) is -0.209. The number of para-hydroxylation sites is 4. The number of likely N-dealkylation sites (N-methyl/N-ethyl adjacent to an activating group) is 2. The maximum absolute atomic E-state index is 13.0. The number of rotatable bonds is 22. The predicted molar refractivity (Wildman–Crippen MR) is 393 cm³/mol. The first-order valence-corrected chi connectivity index (χ1v) is 34.8. The number of hydrogen-bond donors (Lipinski definition) is 4. The number of likely N-dealkylation sites (tertiary alicyclic amines) is 2. The molecule has 2 aliphatic rings. The van der Waals surface area contributed by atoms with Gasteiger partial charge >= 0.3 is 11.4 Å². The molecule has 4 aromatic heterocycles. The Morgan fingerprint density at radius 3 is 1.12 bits per heavy atom. The Hall–Kier alpha value is -10.2. The van der Waals surface area contributed by atoms with Gasteiger partial charge in [-0.3, -0.25) is 28.5 Å². The molecule has 0 unspecified atom stereocenters. The molecule has 12 aromatic rings. The van der Waals surface area contributed by atoms with Crippen LogP contribution in [0, 0.1) is 0 Å². The molecular weight excluding hydrogens is 1220 g/mol. The molecule has 0 spiro atoms. The summed E-state index contributed by atoms with van der Waals surface area (Å²) in [7, 11) is 0. The third-order valence-electron chi connectivity index (χ3n) is 19.5. The minimum atomic E-state index is -0.105. The van der Waals surface area contributed by atoms with E-state index in [0.29, 0.717) is 35.2 Å². The number of carbonyl (C=O) groups is 2. The normalized spacial score (nSPS) is 14.2. The largest absolute Gasteiger partial charge is 0.351 e. The van der Waals surface area contributed by atoms with Crippen LogP contribution < -0.4 is 22.0 Å². The summed E-state index contributed by atoms with van der Waals surface area (Å²) in [6, 6.07) is 64.8. The number of aromatic nitrogens is 8. The van der Waals surface area contributed by atoms with Gasteiger partial charge in [0.15, 0.2) is 0 Å². The highest BCUT2D eigenvalue weighted by atomic mass is 16.2. The maximum atomic E-state index is 13.0. The molecule has 8 aromatic carbocycles. The van der Waals surface area contributed by atoms with Crippen molar-refractivity contribution in [3.05, 3.63) is 237 Å². The summed E-state index contributed by atoms with van der Waals surface area (Å²) in [6.07, 6.45) is 3.74. The molecule has 0 radical (unpaired) electrons. The van der Waals surface area contributed by atoms with Crippen LogP contribution in [0.15, 0.2) is 204 Å². The average molecular weight is 1310 g/mol. The van der Waals surface area contributed by atoms with Crippen molar-refractivity contribution in [3.63, 3.8) is 0 Å². The van der Waals surface area contributed by atoms with Crippen LogP contribution in [-0.2, 0) is 13.1 Å². The van der Waals surface area contributed by atoms with E-state index in [1.54, 1.807) is 0 Å². The standard InChI is InChI=1S/2C40H43N7O2/c1-3-45(4-2)25-22-41-39(48)31-18-19-33-35(26-31)43-37(29-10-6-5-7-11-29)38(42-33)30-16-14-28(15-17-30)27-46-23-20-32(21-24-46)47-36-13-9-8-12-34(36)44-40(47)49;1-3-45(4-2)25-22-41-39(48)31-18-19-33-35(26-31)43-38(37(42-33)29-10-6-5-7-11-29)30-16-14-28(15-17-30)27-46-23-20-32(21-24-46)47-36-13-9-8-12-34(36)44-40(47)49/h2*5-19,26,32H,3-4,20-25,27H2,1-2H3,(H,41,48)(H,44,49). The fraction of sp³-hybridized carbons (Fsp3) is 0.300. The molecule has 2 aliphatic heterocycles. The molecule has 4 N–H and O–H groups in total. The predicted octanol–water partition coefficient (Wildman–Crippen LogP) is 13.0. The minimum absolute atomic E-state index is 0.0192. The first kappa shape index (κ1) is 66.4. The van der Waals surface area contributed by atoms with Crippen LogP contribution in [0.1, 0.15) is 97.3 Å². The Kier molecular flexibility index (Phi) is 20.9. The highest BCUT2D eigenvalue weighted by Crippen LogP contribution is 2.35. The quantitative estimate of drug-likeness (QED) is 0.0502. The summed E-state index contributed by atoms with van der Waals surface area (Å²) >= 11 is 0. The van der Waals surface area contributed by atoms with Crippen LogP contribution in [0.2, 0.25) is 0 Å². The second kappa shape index (κ2) is 30.9. The molecule has 2 saturated heterocycles. The molecule has 98 heavy (non-hydrogen) atoms. The van der Waals surface area contributed by atoms with Crippen molar-refractivity contribution in [3.8, 4) is 45.0 Å². The van der Waals surface area contributed by atoms with Gasteiger partial charge in [0.25, 0.3) is 11.8 Å². The van der Waals surface area contributed by atoms with Gasteiger partial charge in [0.05, 0.1) is 66.9 Å². The van der Waals surface area contributed by atoms with E-state index in [0.717, 1.165) is 182 Å². The number of amides is 2. The number of aromatic amines is 2. The van der Waals surface area contributed by atoms with Crippen LogP contribution in [0.5, 0.6) is 0 Å². The van der Waals surface area contributed by atoms with Crippen LogP contribution in [-0.4, -0.2) is 149 Å². The van der Waals surface area contributed by atoms with Crippen molar-refractivity contribution in [2.24, 2.45) is 0 Å². The van der Waals surface area contributed by atoms with E-state index < -0.39 is 0 Å². The SMILES string of the molecule is CCN(CC)CCNC(=O)c1ccc2nc(-c3ccc(CN4CCC(n5c(=O)[nH]c6ccccc65)CC4)cc3)c(-c3ccccc3)nc2c1.CCN(CC)CCNC(=O)c1ccc2nc(-c3ccccc3)c(-c3ccc(CN4CCC(n5c(=O)[nH]c6ccccc65)CC4)cc3)nc2c1. The van der Waals surface area contributed by atoms with Gasteiger partial charge in [-0.15, -0.1) is 0 Å². The smallest absolute Gasteiger partial charge is 0.326 e. The van der Waals surface area contributed by atoms with Crippen LogP contribution >= 0.6 is 0 Å². The fourth-order valence-corrected chi connectivity index (χ4v) is 13.9. The van der Waals surface area contributed by atoms with Crippen molar-refractivity contribution in [2.75, 3.05) is 78.5 Å². The Morgan fingerprint density at radius 1 is 0.418 bits per heavy atom. The van der Waals surface area contributed by atoms with Gasteiger partial charge in [-0.25, -0.2) is 29.5 Å². The molecular formula is C80H86N14O4. The Bertz CT molecular complexity index is 4830. The van der Waals surface area contributed by atoms with Crippen molar-refractivity contribution in [2.45, 2.75) is 78.6 Å². The number of H-pyrrole nitrogens is 2. The maximum Gasteiger partial charge on any atom is 0.326 e. The van der Waals surface area contributed by atoms with Crippen molar-refractivity contribution in [1.29, 1.82) is 0 Å².